The Morgan fingerprint density at radius 3 is 1.95 bits per heavy atom. The standard InChI is InChI=1S/C20H22I2/c1-12(2)20(13(3)4)17-8-6-5-7-15(17)16-10-9-14(19(21)22)11-18(16)20/h5-13,19H,1-4H3. The first kappa shape index (κ1) is 16.7. The topological polar surface area (TPSA) is 0 Å². The number of rotatable bonds is 3. The van der Waals surface area contributed by atoms with Crippen LogP contribution < -0.4 is 0 Å². The Morgan fingerprint density at radius 1 is 0.773 bits per heavy atom. The molecule has 2 aromatic carbocycles. The summed E-state index contributed by atoms with van der Waals surface area (Å²) >= 11 is 5.01. The van der Waals surface area contributed by atoms with E-state index >= 15 is 0 Å². The third-order valence-electron chi connectivity index (χ3n) is 5.23. The second-order valence-corrected chi connectivity index (χ2v) is 11.7. The van der Waals surface area contributed by atoms with Crippen molar-refractivity contribution in [3.63, 3.8) is 0 Å². The number of hydrogen-bond acceptors (Lipinski definition) is 0. The summed E-state index contributed by atoms with van der Waals surface area (Å²) in [6, 6.07) is 16.1. The predicted molar refractivity (Wildman–Crippen MR) is 113 cm³/mol. The molecule has 0 saturated carbocycles. The first-order valence-corrected chi connectivity index (χ1v) is 10.4. The van der Waals surface area contributed by atoms with Crippen LogP contribution in [0.1, 0.15) is 46.3 Å². The zero-order chi connectivity index (χ0) is 16.1. The Labute approximate surface area is 161 Å². The average molecular weight is 516 g/mol. The van der Waals surface area contributed by atoms with Crippen molar-refractivity contribution >= 4 is 45.2 Å². The Balaban J connectivity index is 2.38. The monoisotopic (exact) mass is 516 g/mol. The summed E-state index contributed by atoms with van der Waals surface area (Å²) in [5, 5.41) is 0. The molecule has 0 spiro atoms. The van der Waals surface area contributed by atoms with Gasteiger partial charge in [-0.05, 0) is 39.7 Å². The number of halogens is 2. The van der Waals surface area contributed by atoms with Crippen molar-refractivity contribution < 1.29 is 0 Å². The number of hydrogen-bond donors (Lipinski definition) is 0. The van der Waals surface area contributed by atoms with Gasteiger partial charge < -0.3 is 0 Å². The van der Waals surface area contributed by atoms with Crippen molar-refractivity contribution in [3.8, 4) is 11.1 Å². The molecule has 22 heavy (non-hydrogen) atoms. The van der Waals surface area contributed by atoms with E-state index in [0.29, 0.717) is 13.8 Å². The van der Waals surface area contributed by atoms with Crippen molar-refractivity contribution in [2.24, 2.45) is 11.8 Å². The molecule has 0 nitrogen and oxygen atoms in total. The van der Waals surface area contributed by atoms with E-state index in [0.717, 1.165) is 0 Å². The highest BCUT2D eigenvalue weighted by atomic mass is 127. The lowest BCUT2D eigenvalue weighted by molar-refractivity contribution is 0.280. The molecule has 116 valence electrons. The molecule has 0 amide bonds. The third-order valence-corrected chi connectivity index (χ3v) is 6.66. The molecular weight excluding hydrogens is 494 g/mol. The van der Waals surface area contributed by atoms with E-state index in [1.165, 1.54) is 27.8 Å². The summed E-state index contributed by atoms with van der Waals surface area (Å²) in [5.74, 6) is 1.15. The molecule has 0 fully saturated rings. The molecule has 0 heterocycles. The van der Waals surface area contributed by atoms with Crippen LogP contribution in [0, 0.1) is 11.8 Å². The van der Waals surface area contributed by atoms with E-state index in [4.69, 9.17) is 0 Å². The normalized spacial score (nSPS) is 15.5. The zero-order valence-corrected chi connectivity index (χ0v) is 17.8. The minimum atomic E-state index is 0.129. The van der Waals surface area contributed by atoms with E-state index in [1.54, 1.807) is 0 Å². The van der Waals surface area contributed by atoms with E-state index < -0.39 is 0 Å². The highest BCUT2D eigenvalue weighted by molar-refractivity contribution is 14.2. The van der Waals surface area contributed by atoms with Gasteiger partial charge in [0.15, 0.2) is 0 Å². The molecule has 1 aliphatic rings. The Kier molecular flexibility index (Phi) is 4.63. The molecule has 0 saturated heterocycles. The van der Waals surface area contributed by atoms with Crippen LogP contribution >= 0.6 is 45.2 Å². The van der Waals surface area contributed by atoms with Crippen LogP contribution in [0.15, 0.2) is 42.5 Å². The second kappa shape index (κ2) is 6.08. The maximum Gasteiger partial charge on any atom is 0.0875 e. The summed E-state index contributed by atoms with van der Waals surface area (Å²) in [5.41, 5.74) is 7.49. The van der Waals surface area contributed by atoms with Crippen LogP contribution in [0.3, 0.4) is 0 Å². The van der Waals surface area contributed by atoms with E-state index in [9.17, 15) is 0 Å². The van der Waals surface area contributed by atoms with E-state index in [-0.39, 0.29) is 5.41 Å². The molecule has 0 bridgehead atoms. The van der Waals surface area contributed by atoms with Gasteiger partial charge >= 0.3 is 0 Å². The van der Waals surface area contributed by atoms with Crippen molar-refractivity contribution in [3.05, 3.63) is 59.2 Å². The zero-order valence-electron chi connectivity index (χ0n) is 13.5. The van der Waals surface area contributed by atoms with Gasteiger partial charge in [0.25, 0.3) is 0 Å². The van der Waals surface area contributed by atoms with Crippen LogP contribution in [-0.4, -0.2) is 0 Å². The molecule has 3 rings (SSSR count). The lowest BCUT2D eigenvalue weighted by Gasteiger charge is -2.40. The van der Waals surface area contributed by atoms with Gasteiger partial charge in [0, 0.05) is 5.41 Å². The van der Waals surface area contributed by atoms with Gasteiger partial charge in [-0.2, -0.15) is 0 Å². The highest BCUT2D eigenvalue weighted by Crippen LogP contribution is 2.57. The smallest absolute Gasteiger partial charge is 0.0657 e. The number of fused-ring (bicyclic) bond motifs is 3. The maximum absolute atomic E-state index is 2.51. The van der Waals surface area contributed by atoms with Crippen LogP contribution in [0.5, 0.6) is 0 Å². The summed E-state index contributed by atoms with van der Waals surface area (Å²) in [6.07, 6.45) is 0. The van der Waals surface area contributed by atoms with Gasteiger partial charge in [-0.3, -0.25) is 0 Å². The van der Waals surface area contributed by atoms with Crippen LogP contribution in [0.4, 0.5) is 0 Å². The van der Waals surface area contributed by atoms with Crippen molar-refractivity contribution in [1.29, 1.82) is 0 Å². The lowest BCUT2D eigenvalue weighted by atomic mass is 9.63. The Hall–Kier alpha value is -0.1000. The van der Waals surface area contributed by atoms with Gasteiger partial charge in [0.1, 0.15) is 0 Å². The summed E-state index contributed by atoms with van der Waals surface area (Å²) in [4.78, 5) is 0. The Bertz CT molecular complexity index is 691. The summed E-state index contributed by atoms with van der Waals surface area (Å²) < 4.78 is 0.515. The molecule has 0 aromatic heterocycles. The van der Waals surface area contributed by atoms with E-state index in [1.807, 2.05) is 0 Å². The molecule has 1 aliphatic carbocycles. The molecule has 2 heteroatoms. The molecule has 0 aliphatic heterocycles. The number of alkyl halides is 2. The fourth-order valence-corrected chi connectivity index (χ4v) is 5.18. The molecule has 0 radical (unpaired) electrons. The molecule has 0 unspecified atom stereocenters. The van der Waals surface area contributed by atoms with Gasteiger partial charge in [-0.1, -0.05) is 115 Å². The lowest BCUT2D eigenvalue weighted by Crippen LogP contribution is -2.37. The predicted octanol–water partition coefficient (Wildman–Crippen LogP) is 7.13. The van der Waals surface area contributed by atoms with Gasteiger partial charge in [0.2, 0.25) is 0 Å². The molecule has 2 aromatic rings. The number of benzene rings is 2. The largest absolute Gasteiger partial charge is 0.0875 e. The third kappa shape index (κ3) is 2.27. The molecule has 0 atom stereocenters. The molecule has 0 N–H and O–H groups in total. The van der Waals surface area contributed by atoms with Crippen LogP contribution in [0.2, 0.25) is 0 Å². The SMILES string of the molecule is CC(C)C1(C(C)C)c2ccccc2-c2ccc(C(I)I)cc21. The Morgan fingerprint density at radius 2 is 1.36 bits per heavy atom. The van der Waals surface area contributed by atoms with Crippen molar-refractivity contribution in [1.82, 2.24) is 0 Å². The fourth-order valence-electron chi connectivity index (χ4n) is 4.41. The fraction of sp³-hybridized carbons (Fsp3) is 0.400. The molecular formula is C20H22I2. The average Bonchev–Trinajstić information content (AvgIpc) is 2.77. The van der Waals surface area contributed by atoms with Crippen LogP contribution in [0.25, 0.3) is 11.1 Å². The second-order valence-electron chi connectivity index (χ2n) is 6.83. The van der Waals surface area contributed by atoms with Gasteiger partial charge in [-0.25, -0.2) is 0 Å². The van der Waals surface area contributed by atoms with Crippen molar-refractivity contribution in [2.75, 3.05) is 0 Å². The van der Waals surface area contributed by atoms with Crippen molar-refractivity contribution in [2.45, 2.75) is 35.0 Å². The first-order chi connectivity index (χ1) is 10.4. The van der Waals surface area contributed by atoms with Gasteiger partial charge in [0.05, 0.1) is 1.93 Å². The quantitative estimate of drug-likeness (QED) is 0.301. The first-order valence-electron chi connectivity index (χ1n) is 7.93. The summed E-state index contributed by atoms with van der Waals surface area (Å²) in [7, 11) is 0. The minimum Gasteiger partial charge on any atom is -0.0657 e. The van der Waals surface area contributed by atoms with E-state index in [2.05, 4.69) is 115 Å². The minimum absolute atomic E-state index is 0.129. The summed E-state index contributed by atoms with van der Waals surface area (Å²) in [6.45, 7) is 9.52. The van der Waals surface area contributed by atoms with Crippen LogP contribution in [-0.2, 0) is 5.41 Å². The maximum atomic E-state index is 2.51. The highest BCUT2D eigenvalue weighted by Gasteiger charge is 2.47. The van der Waals surface area contributed by atoms with Gasteiger partial charge in [-0.15, -0.1) is 0 Å².